The first-order valence-electron chi connectivity index (χ1n) is 12.5. The van der Waals surface area contributed by atoms with Crippen LogP contribution in [0.4, 0.5) is 10.1 Å². The summed E-state index contributed by atoms with van der Waals surface area (Å²) in [6, 6.07) is 11.6. The van der Waals surface area contributed by atoms with Crippen molar-refractivity contribution in [2.24, 2.45) is 17.8 Å². The molecule has 202 valence electrons. The van der Waals surface area contributed by atoms with Crippen LogP contribution in [0.25, 0.3) is 0 Å². The largest absolute Gasteiger partial charge is 0.491 e. The Bertz CT molecular complexity index is 1450. The Morgan fingerprint density at radius 1 is 1.00 bits per heavy atom. The Kier molecular flexibility index (Phi) is 6.09. The number of anilines is 1. The molecule has 2 aromatic rings. The molecule has 2 N–H and O–H groups in total. The predicted molar refractivity (Wildman–Crippen MR) is 139 cm³/mol. The third kappa shape index (κ3) is 3.53. The average molecular weight is 573 g/mol. The molecule has 4 aliphatic rings. The molecule has 6 atom stereocenters. The van der Waals surface area contributed by atoms with Crippen molar-refractivity contribution in [3.8, 4) is 5.75 Å². The van der Waals surface area contributed by atoms with Crippen LogP contribution in [0.15, 0.2) is 60.2 Å². The molecule has 2 aliphatic heterocycles. The van der Waals surface area contributed by atoms with Gasteiger partial charge in [0.25, 0.3) is 11.8 Å². The maximum Gasteiger partial charge on any atom is 0.258 e. The third-order valence-electron chi connectivity index (χ3n) is 8.32. The predicted octanol–water partition coefficient (Wildman–Crippen LogP) is 3.05. The van der Waals surface area contributed by atoms with Gasteiger partial charge in [0.15, 0.2) is 9.75 Å². The molecule has 0 spiro atoms. The van der Waals surface area contributed by atoms with Crippen molar-refractivity contribution in [3.63, 3.8) is 0 Å². The minimum Gasteiger partial charge on any atom is -0.491 e. The summed E-state index contributed by atoms with van der Waals surface area (Å²) in [6.07, 6.45) is 1.90. The van der Waals surface area contributed by atoms with Crippen LogP contribution >= 0.6 is 23.2 Å². The number of nitrogens with zero attached hydrogens (tertiary/aromatic N) is 1. The SMILES string of the molecule is O=C1NC(=O)[C@H]2CC=C3[C@@H](C[C@@]4(Cl)C(=O)N(c5ccc(F)cc5)C(=O)[C@@]4(Cl)[C@H]3c3ccccc3OCCO)[C@@H]12. The fourth-order valence-corrected chi connectivity index (χ4v) is 7.59. The van der Waals surface area contributed by atoms with Crippen LogP contribution in [-0.2, 0) is 19.2 Å². The van der Waals surface area contributed by atoms with E-state index in [-0.39, 0.29) is 31.7 Å². The molecule has 0 unspecified atom stereocenters. The average Bonchev–Trinajstić information content (AvgIpc) is 3.29. The molecule has 2 aromatic carbocycles. The van der Waals surface area contributed by atoms with E-state index in [4.69, 9.17) is 27.9 Å². The lowest BCUT2D eigenvalue weighted by Gasteiger charge is -2.50. The lowest BCUT2D eigenvalue weighted by Crippen LogP contribution is -2.60. The van der Waals surface area contributed by atoms with E-state index in [1.165, 1.54) is 12.1 Å². The number of amides is 4. The van der Waals surface area contributed by atoms with Gasteiger partial charge in [-0.1, -0.05) is 29.8 Å². The molecule has 0 bridgehead atoms. The molecule has 0 radical (unpaired) electrons. The highest BCUT2D eigenvalue weighted by atomic mass is 35.5. The number of nitrogens with one attached hydrogen (secondary N) is 1. The number of aliphatic hydroxyl groups excluding tert-OH is 1. The van der Waals surface area contributed by atoms with Gasteiger partial charge in [-0.3, -0.25) is 24.5 Å². The second-order valence-electron chi connectivity index (χ2n) is 10.2. The first-order chi connectivity index (χ1) is 18.6. The van der Waals surface area contributed by atoms with Crippen LogP contribution in [0, 0.1) is 23.6 Å². The number of halogens is 3. The van der Waals surface area contributed by atoms with E-state index in [1.54, 1.807) is 24.3 Å². The molecule has 1 saturated carbocycles. The van der Waals surface area contributed by atoms with Crippen molar-refractivity contribution >= 4 is 52.5 Å². The first kappa shape index (κ1) is 26.0. The summed E-state index contributed by atoms with van der Waals surface area (Å²) in [4.78, 5) is 50.6. The monoisotopic (exact) mass is 572 g/mol. The van der Waals surface area contributed by atoms with Crippen LogP contribution < -0.4 is 15.0 Å². The van der Waals surface area contributed by atoms with E-state index in [9.17, 15) is 28.7 Å². The Hall–Kier alpha value is -3.27. The number of hydrogen-bond acceptors (Lipinski definition) is 6. The quantitative estimate of drug-likeness (QED) is 0.323. The van der Waals surface area contributed by atoms with Crippen LogP contribution in [0.5, 0.6) is 5.75 Å². The van der Waals surface area contributed by atoms with Gasteiger partial charge in [0.1, 0.15) is 18.2 Å². The van der Waals surface area contributed by atoms with Crippen LogP contribution in [0.1, 0.15) is 24.3 Å². The number of carbonyl (C=O) groups is 4. The summed E-state index contributed by atoms with van der Waals surface area (Å²) in [7, 11) is 0. The minimum atomic E-state index is -2.05. The highest BCUT2D eigenvalue weighted by molar-refractivity contribution is 6.58. The number of alkyl halides is 2. The Labute approximate surface area is 232 Å². The summed E-state index contributed by atoms with van der Waals surface area (Å²) in [5.74, 6) is -5.75. The Morgan fingerprint density at radius 2 is 1.72 bits per heavy atom. The number of aliphatic hydroxyl groups is 1. The van der Waals surface area contributed by atoms with Gasteiger partial charge >= 0.3 is 0 Å². The van der Waals surface area contributed by atoms with Crippen molar-refractivity contribution in [2.75, 3.05) is 18.1 Å². The fraction of sp³-hybridized carbons (Fsp3) is 0.357. The molecule has 3 fully saturated rings. The van der Waals surface area contributed by atoms with Gasteiger partial charge in [0.05, 0.1) is 24.1 Å². The van der Waals surface area contributed by atoms with E-state index in [0.29, 0.717) is 16.9 Å². The van der Waals surface area contributed by atoms with Crippen molar-refractivity contribution in [3.05, 3.63) is 71.6 Å². The molecule has 6 rings (SSSR count). The topological polar surface area (TPSA) is 113 Å². The van der Waals surface area contributed by atoms with Gasteiger partial charge < -0.3 is 9.84 Å². The van der Waals surface area contributed by atoms with Gasteiger partial charge in [-0.15, -0.1) is 23.2 Å². The van der Waals surface area contributed by atoms with Crippen molar-refractivity contribution in [2.45, 2.75) is 28.5 Å². The summed E-state index contributed by atoms with van der Waals surface area (Å²) >= 11 is 14.5. The second kappa shape index (κ2) is 9.15. The third-order valence-corrected chi connectivity index (χ3v) is 9.73. The van der Waals surface area contributed by atoms with E-state index >= 15 is 0 Å². The van der Waals surface area contributed by atoms with Gasteiger partial charge in [-0.2, -0.15) is 0 Å². The Morgan fingerprint density at radius 3 is 2.44 bits per heavy atom. The van der Waals surface area contributed by atoms with Crippen molar-refractivity contribution < 1.29 is 33.4 Å². The molecule has 4 amide bonds. The zero-order chi connectivity index (χ0) is 27.7. The number of ether oxygens (including phenoxy) is 1. The molecule has 8 nitrogen and oxygen atoms in total. The standard InChI is InChI=1S/C28H23Cl2FN2O6/c29-27-13-19-16(9-10-18-21(19)24(36)32-23(18)35)22(17-3-1-2-4-20(17)39-12-11-34)28(27,30)26(38)33(25(27)37)15-7-5-14(31)6-8-15/h1-9,18-19,21-22,34H,10-13H2,(H,32,35,36)/t18-,19+,21-,22+,27+,28-/m0/s1. The van der Waals surface area contributed by atoms with Crippen LogP contribution in [0.2, 0.25) is 0 Å². The number of carbonyl (C=O) groups excluding carboxylic acids is 4. The minimum absolute atomic E-state index is 0.0380. The number of imide groups is 2. The maximum absolute atomic E-state index is 14.2. The maximum atomic E-state index is 14.2. The second-order valence-corrected chi connectivity index (χ2v) is 11.5. The normalized spacial score (nSPS) is 33.3. The lowest BCUT2D eigenvalue weighted by atomic mass is 9.56. The van der Waals surface area contributed by atoms with E-state index in [2.05, 4.69) is 5.32 Å². The zero-order valence-electron chi connectivity index (χ0n) is 20.4. The highest BCUT2D eigenvalue weighted by Crippen LogP contribution is 2.66. The van der Waals surface area contributed by atoms with Crippen LogP contribution in [-0.4, -0.2) is 51.7 Å². The molecule has 2 heterocycles. The Balaban J connectivity index is 1.58. The van der Waals surface area contributed by atoms with Crippen LogP contribution in [0.3, 0.4) is 0 Å². The molecular formula is C28H23Cl2FN2O6. The fourth-order valence-electron chi connectivity index (χ4n) is 6.66. The van der Waals surface area contributed by atoms with Crippen molar-refractivity contribution in [1.82, 2.24) is 5.32 Å². The van der Waals surface area contributed by atoms with E-state index in [1.807, 2.05) is 6.08 Å². The van der Waals surface area contributed by atoms with Crippen molar-refractivity contribution in [1.29, 1.82) is 0 Å². The number of benzene rings is 2. The van der Waals surface area contributed by atoms with E-state index < -0.39 is 62.9 Å². The van der Waals surface area contributed by atoms with Gasteiger partial charge in [-0.25, -0.2) is 9.29 Å². The zero-order valence-corrected chi connectivity index (χ0v) is 21.9. The first-order valence-corrected chi connectivity index (χ1v) is 13.3. The molecule has 2 saturated heterocycles. The number of allylic oxidation sites excluding steroid dienone is 2. The van der Waals surface area contributed by atoms with Gasteiger partial charge in [-0.05, 0) is 49.1 Å². The number of para-hydroxylation sites is 1. The molecule has 11 heteroatoms. The lowest BCUT2D eigenvalue weighted by molar-refractivity contribution is -0.127. The summed E-state index contributed by atoms with van der Waals surface area (Å²) < 4.78 is 19.5. The molecule has 0 aromatic heterocycles. The smallest absolute Gasteiger partial charge is 0.258 e. The number of fused-ring (bicyclic) bond motifs is 4. The van der Waals surface area contributed by atoms with Gasteiger partial charge in [0, 0.05) is 11.5 Å². The summed E-state index contributed by atoms with van der Waals surface area (Å²) in [5.41, 5.74) is 1.18. The number of hydrogen-bond donors (Lipinski definition) is 2. The molecule has 2 aliphatic carbocycles. The molecular weight excluding hydrogens is 550 g/mol. The summed E-state index contributed by atoms with van der Waals surface area (Å²) in [6.45, 7) is -0.304. The summed E-state index contributed by atoms with van der Waals surface area (Å²) in [5, 5.41) is 11.8. The number of rotatable bonds is 5. The molecule has 39 heavy (non-hydrogen) atoms. The van der Waals surface area contributed by atoms with E-state index in [0.717, 1.165) is 17.0 Å². The highest BCUT2D eigenvalue weighted by Gasteiger charge is 2.76. The van der Waals surface area contributed by atoms with Gasteiger partial charge in [0.2, 0.25) is 11.8 Å².